The van der Waals surface area contributed by atoms with Crippen LogP contribution < -0.4 is 5.46 Å². The second-order valence-corrected chi connectivity index (χ2v) is 3.75. The molecule has 2 aromatic rings. The summed E-state index contributed by atoms with van der Waals surface area (Å²) in [5.41, 5.74) is 3.52. The first kappa shape index (κ1) is 9.35. The quantitative estimate of drug-likeness (QED) is 0.620. The van der Waals surface area contributed by atoms with E-state index >= 15 is 0 Å². The van der Waals surface area contributed by atoms with E-state index in [1.54, 1.807) is 0 Å². The van der Waals surface area contributed by atoms with E-state index in [2.05, 4.69) is 32.1 Å². The number of benzene rings is 2. The van der Waals surface area contributed by atoms with Gasteiger partial charge in [0.05, 0.1) is 0 Å². The van der Waals surface area contributed by atoms with Crippen LogP contribution in [0, 0.1) is 0 Å². The molecule has 0 amide bonds. The summed E-state index contributed by atoms with van der Waals surface area (Å²) in [5, 5.41) is 0.802. The van der Waals surface area contributed by atoms with E-state index in [0.29, 0.717) is 0 Å². The van der Waals surface area contributed by atoms with Crippen molar-refractivity contribution in [2.75, 3.05) is 0 Å². The van der Waals surface area contributed by atoms with Crippen LogP contribution in [-0.2, 0) is 0 Å². The molecule has 0 spiro atoms. The number of hydrogen-bond acceptors (Lipinski definition) is 0. The molecule has 0 atom stereocenters. The standard InChI is InChI=1S/C12H10BCl/c13-10-7-5-9(6-8-10)11-3-1-2-4-12(11)14/h1-8H,13H2. The topological polar surface area (TPSA) is 0 Å². The van der Waals surface area contributed by atoms with Gasteiger partial charge in [0.25, 0.3) is 0 Å². The Kier molecular flexibility index (Phi) is 2.60. The van der Waals surface area contributed by atoms with Crippen molar-refractivity contribution >= 4 is 24.9 Å². The third kappa shape index (κ3) is 1.83. The van der Waals surface area contributed by atoms with Gasteiger partial charge in [0.15, 0.2) is 0 Å². The van der Waals surface area contributed by atoms with Crippen molar-refractivity contribution in [3.63, 3.8) is 0 Å². The number of halogens is 1. The average Bonchev–Trinajstić information content (AvgIpc) is 2.20. The summed E-state index contributed by atoms with van der Waals surface area (Å²) in [6.07, 6.45) is 0. The molecule has 0 radical (unpaired) electrons. The van der Waals surface area contributed by atoms with Crippen LogP contribution in [0.5, 0.6) is 0 Å². The lowest BCUT2D eigenvalue weighted by Crippen LogP contribution is -1.99. The van der Waals surface area contributed by atoms with Crippen molar-refractivity contribution < 1.29 is 0 Å². The zero-order chi connectivity index (χ0) is 9.97. The Labute approximate surface area is 89.9 Å². The number of hydrogen-bond donors (Lipinski definition) is 0. The average molecular weight is 200 g/mol. The first-order chi connectivity index (χ1) is 6.77. The van der Waals surface area contributed by atoms with Crippen molar-refractivity contribution in [3.8, 4) is 11.1 Å². The maximum Gasteiger partial charge on any atom is 0.139 e. The molecule has 0 heterocycles. The minimum Gasteiger partial charge on any atom is -0.0889 e. The monoisotopic (exact) mass is 200 g/mol. The Balaban J connectivity index is 2.50. The van der Waals surface area contributed by atoms with Gasteiger partial charge in [0.2, 0.25) is 0 Å². The van der Waals surface area contributed by atoms with Gasteiger partial charge in [0.1, 0.15) is 7.85 Å². The molecule has 0 aliphatic heterocycles. The second-order valence-electron chi connectivity index (χ2n) is 3.35. The van der Waals surface area contributed by atoms with Crippen LogP contribution in [0.4, 0.5) is 0 Å². The molecule has 2 aromatic carbocycles. The molecule has 68 valence electrons. The lowest BCUT2D eigenvalue weighted by Gasteiger charge is -2.04. The highest BCUT2D eigenvalue weighted by atomic mass is 35.5. The first-order valence-corrected chi connectivity index (χ1v) is 4.97. The van der Waals surface area contributed by atoms with Gasteiger partial charge >= 0.3 is 0 Å². The van der Waals surface area contributed by atoms with Crippen molar-refractivity contribution in [2.45, 2.75) is 0 Å². The largest absolute Gasteiger partial charge is 0.139 e. The van der Waals surface area contributed by atoms with Gasteiger partial charge in [-0.15, -0.1) is 0 Å². The van der Waals surface area contributed by atoms with E-state index in [1.165, 1.54) is 11.0 Å². The van der Waals surface area contributed by atoms with E-state index in [-0.39, 0.29) is 0 Å². The minimum atomic E-state index is 0.802. The smallest absolute Gasteiger partial charge is 0.0889 e. The van der Waals surface area contributed by atoms with Gasteiger partial charge in [-0.3, -0.25) is 0 Å². The molecule has 2 rings (SSSR count). The van der Waals surface area contributed by atoms with Crippen molar-refractivity contribution in [3.05, 3.63) is 53.6 Å². The van der Waals surface area contributed by atoms with Crippen molar-refractivity contribution in [1.29, 1.82) is 0 Å². The maximum absolute atomic E-state index is 6.10. The molecule has 0 N–H and O–H groups in total. The van der Waals surface area contributed by atoms with Gasteiger partial charge < -0.3 is 0 Å². The highest BCUT2D eigenvalue weighted by Gasteiger charge is 2.00. The van der Waals surface area contributed by atoms with Crippen molar-refractivity contribution in [2.24, 2.45) is 0 Å². The van der Waals surface area contributed by atoms with Gasteiger partial charge in [-0.2, -0.15) is 0 Å². The summed E-state index contributed by atoms with van der Waals surface area (Å²) in [7, 11) is 2.08. The second kappa shape index (κ2) is 3.89. The van der Waals surface area contributed by atoms with Gasteiger partial charge in [0, 0.05) is 10.6 Å². The van der Waals surface area contributed by atoms with E-state index < -0.39 is 0 Å². The maximum atomic E-state index is 6.10. The zero-order valence-electron chi connectivity index (χ0n) is 8.00. The fourth-order valence-electron chi connectivity index (χ4n) is 1.43. The minimum absolute atomic E-state index is 0.802. The summed E-state index contributed by atoms with van der Waals surface area (Å²) in [6.45, 7) is 0. The highest BCUT2D eigenvalue weighted by molar-refractivity contribution is 6.33. The van der Waals surface area contributed by atoms with Gasteiger partial charge in [-0.05, 0) is 11.6 Å². The van der Waals surface area contributed by atoms with E-state index in [9.17, 15) is 0 Å². The Morgan fingerprint density at radius 3 is 2.14 bits per heavy atom. The molecule has 2 heteroatoms. The molecule has 0 saturated heterocycles. The molecule has 0 unspecified atom stereocenters. The number of rotatable bonds is 1. The van der Waals surface area contributed by atoms with E-state index in [0.717, 1.165) is 10.6 Å². The van der Waals surface area contributed by atoms with Crippen LogP contribution in [0.2, 0.25) is 5.02 Å². The van der Waals surface area contributed by atoms with Crippen LogP contribution >= 0.6 is 11.6 Å². The molecule has 0 fully saturated rings. The first-order valence-electron chi connectivity index (χ1n) is 4.59. The Morgan fingerprint density at radius 1 is 0.857 bits per heavy atom. The fraction of sp³-hybridized carbons (Fsp3) is 0. The third-order valence-electron chi connectivity index (χ3n) is 2.24. The normalized spacial score (nSPS) is 10.1. The van der Waals surface area contributed by atoms with Crippen LogP contribution in [0.3, 0.4) is 0 Å². The molecule has 0 saturated carbocycles. The summed E-state index contributed by atoms with van der Waals surface area (Å²) in [6, 6.07) is 16.3. The molecular weight excluding hydrogens is 190 g/mol. The Morgan fingerprint density at radius 2 is 1.50 bits per heavy atom. The highest BCUT2D eigenvalue weighted by Crippen LogP contribution is 2.26. The van der Waals surface area contributed by atoms with Crippen LogP contribution in [0.1, 0.15) is 0 Å². The molecule has 0 aliphatic carbocycles. The van der Waals surface area contributed by atoms with Gasteiger partial charge in [-0.25, -0.2) is 0 Å². The van der Waals surface area contributed by atoms with Crippen LogP contribution in [0.25, 0.3) is 11.1 Å². The SMILES string of the molecule is Bc1ccc(-c2ccccc2Cl)cc1. The molecule has 0 nitrogen and oxygen atoms in total. The molecule has 0 bridgehead atoms. The van der Waals surface area contributed by atoms with E-state index in [4.69, 9.17) is 11.6 Å². The lowest BCUT2D eigenvalue weighted by atomic mass is 9.94. The Bertz CT molecular complexity index is 434. The van der Waals surface area contributed by atoms with E-state index in [1.807, 2.05) is 24.3 Å². The predicted molar refractivity (Wildman–Crippen MR) is 65.1 cm³/mol. The summed E-state index contributed by atoms with van der Waals surface area (Å²) in [4.78, 5) is 0. The fourth-order valence-corrected chi connectivity index (χ4v) is 1.67. The van der Waals surface area contributed by atoms with Crippen LogP contribution in [-0.4, -0.2) is 7.85 Å². The molecule has 0 aromatic heterocycles. The summed E-state index contributed by atoms with van der Waals surface area (Å²) >= 11 is 6.10. The zero-order valence-corrected chi connectivity index (χ0v) is 8.75. The summed E-state index contributed by atoms with van der Waals surface area (Å²) < 4.78 is 0. The third-order valence-corrected chi connectivity index (χ3v) is 2.57. The molecule has 0 aliphatic rings. The molecular formula is C12H10BCl. The predicted octanol–water partition coefficient (Wildman–Crippen LogP) is 2.27. The lowest BCUT2D eigenvalue weighted by molar-refractivity contribution is 1.63. The summed E-state index contributed by atoms with van der Waals surface area (Å²) in [5.74, 6) is 0. The van der Waals surface area contributed by atoms with Crippen LogP contribution in [0.15, 0.2) is 48.5 Å². The molecule has 14 heavy (non-hydrogen) atoms. The van der Waals surface area contributed by atoms with Gasteiger partial charge in [-0.1, -0.05) is 59.5 Å². The van der Waals surface area contributed by atoms with Crippen molar-refractivity contribution in [1.82, 2.24) is 0 Å². The Hall–Kier alpha value is -1.21.